The molecule has 0 atom stereocenters. The molecule has 3 rings (SSSR count). The number of nitrogens with zero attached hydrogens (tertiary/aromatic N) is 2. The molecule has 3 nitrogen and oxygen atoms in total. The highest BCUT2D eigenvalue weighted by Gasteiger charge is 2.16. The predicted octanol–water partition coefficient (Wildman–Crippen LogP) is 2.04. The van der Waals surface area contributed by atoms with Crippen LogP contribution in [0.2, 0.25) is 0 Å². The molecule has 0 aromatic carbocycles. The van der Waals surface area contributed by atoms with E-state index in [4.69, 9.17) is 0 Å². The molecule has 0 bridgehead atoms. The van der Waals surface area contributed by atoms with Crippen LogP contribution < -0.4 is 5.32 Å². The first kappa shape index (κ1) is 9.93. The molecule has 2 aromatic rings. The van der Waals surface area contributed by atoms with Gasteiger partial charge in [0.1, 0.15) is 5.82 Å². The Labute approximate surface area is 98.6 Å². The first-order chi connectivity index (χ1) is 7.83. The van der Waals surface area contributed by atoms with Crippen LogP contribution in [0, 0.1) is 6.92 Å². The standard InChI is InChI=1S/C12H13N3S/c1-8-10-6-13-7-11(10)15-12(14-8)5-9-3-2-4-16-9/h2-4,13H,5-7H2,1H3. The number of hydrogen-bond acceptors (Lipinski definition) is 4. The van der Waals surface area contributed by atoms with E-state index in [2.05, 4.69) is 39.7 Å². The number of hydrogen-bond donors (Lipinski definition) is 1. The predicted molar refractivity (Wildman–Crippen MR) is 64.4 cm³/mol. The van der Waals surface area contributed by atoms with E-state index >= 15 is 0 Å². The van der Waals surface area contributed by atoms with Gasteiger partial charge in [-0.15, -0.1) is 11.3 Å². The highest BCUT2D eigenvalue weighted by atomic mass is 32.1. The van der Waals surface area contributed by atoms with Crippen molar-refractivity contribution in [3.05, 3.63) is 45.2 Å². The second-order valence-corrected chi connectivity index (χ2v) is 5.04. The Bertz CT molecular complexity index is 505. The third-order valence-electron chi connectivity index (χ3n) is 2.85. The maximum Gasteiger partial charge on any atom is 0.134 e. The highest BCUT2D eigenvalue weighted by molar-refractivity contribution is 7.09. The summed E-state index contributed by atoms with van der Waals surface area (Å²) in [6.45, 7) is 3.88. The van der Waals surface area contributed by atoms with E-state index in [1.807, 2.05) is 0 Å². The lowest BCUT2D eigenvalue weighted by atomic mass is 10.2. The Hall–Kier alpha value is -1.26. The van der Waals surface area contributed by atoms with Crippen LogP contribution in [0.3, 0.4) is 0 Å². The molecule has 0 unspecified atom stereocenters. The van der Waals surface area contributed by atoms with Crippen LogP contribution in [-0.4, -0.2) is 9.97 Å². The van der Waals surface area contributed by atoms with Crippen LogP contribution in [0.4, 0.5) is 0 Å². The molecule has 2 aromatic heterocycles. The summed E-state index contributed by atoms with van der Waals surface area (Å²) in [7, 11) is 0. The molecule has 16 heavy (non-hydrogen) atoms. The van der Waals surface area contributed by atoms with Gasteiger partial charge < -0.3 is 5.32 Å². The Morgan fingerprint density at radius 3 is 3.12 bits per heavy atom. The minimum absolute atomic E-state index is 0.853. The average molecular weight is 231 g/mol. The van der Waals surface area contributed by atoms with Gasteiger partial charge in [-0.2, -0.15) is 0 Å². The lowest BCUT2D eigenvalue weighted by Crippen LogP contribution is -2.03. The fraction of sp³-hybridized carbons (Fsp3) is 0.333. The average Bonchev–Trinajstić information content (AvgIpc) is 2.87. The molecule has 0 amide bonds. The first-order valence-corrected chi connectivity index (χ1v) is 6.29. The van der Waals surface area contributed by atoms with Crippen molar-refractivity contribution >= 4 is 11.3 Å². The van der Waals surface area contributed by atoms with E-state index in [9.17, 15) is 0 Å². The largest absolute Gasteiger partial charge is 0.307 e. The van der Waals surface area contributed by atoms with Gasteiger partial charge in [0.2, 0.25) is 0 Å². The first-order valence-electron chi connectivity index (χ1n) is 5.41. The molecule has 0 saturated heterocycles. The van der Waals surface area contributed by atoms with E-state index in [0.717, 1.165) is 31.0 Å². The zero-order valence-corrected chi connectivity index (χ0v) is 9.97. The second-order valence-electron chi connectivity index (χ2n) is 4.01. The van der Waals surface area contributed by atoms with Crippen molar-refractivity contribution in [1.82, 2.24) is 15.3 Å². The molecule has 1 aliphatic rings. The molecule has 4 heteroatoms. The molecule has 3 heterocycles. The SMILES string of the molecule is Cc1nc(Cc2cccs2)nc2c1CNC2. The van der Waals surface area contributed by atoms with Gasteiger partial charge in [0.15, 0.2) is 0 Å². The van der Waals surface area contributed by atoms with Crippen molar-refractivity contribution in [2.75, 3.05) is 0 Å². The summed E-state index contributed by atoms with van der Waals surface area (Å²) < 4.78 is 0. The van der Waals surface area contributed by atoms with E-state index in [-0.39, 0.29) is 0 Å². The van der Waals surface area contributed by atoms with Crippen LogP contribution in [0.5, 0.6) is 0 Å². The molecule has 0 spiro atoms. The van der Waals surface area contributed by atoms with E-state index < -0.39 is 0 Å². The van der Waals surface area contributed by atoms with Crippen molar-refractivity contribution in [3.63, 3.8) is 0 Å². The van der Waals surface area contributed by atoms with Gasteiger partial charge in [0.25, 0.3) is 0 Å². The Morgan fingerprint density at radius 2 is 2.31 bits per heavy atom. The molecule has 0 radical (unpaired) electrons. The number of aromatic nitrogens is 2. The molecule has 0 aliphatic carbocycles. The lowest BCUT2D eigenvalue weighted by Gasteiger charge is -2.05. The van der Waals surface area contributed by atoms with Crippen LogP contribution in [-0.2, 0) is 19.5 Å². The monoisotopic (exact) mass is 231 g/mol. The third kappa shape index (κ3) is 1.74. The zero-order valence-electron chi connectivity index (χ0n) is 9.16. The van der Waals surface area contributed by atoms with Crippen LogP contribution >= 0.6 is 11.3 Å². The fourth-order valence-electron chi connectivity index (χ4n) is 2.05. The van der Waals surface area contributed by atoms with Crippen LogP contribution in [0.25, 0.3) is 0 Å². The van der Waals surface area contributed by atoms with Crippen LogP contribution in [0.1, 0.15) is 27.7 Å². The van der Waals surface area contributed by atoms with Gasteiger partial charge >= 0.3 is 0 Å². The van der Waals surface area contributed by atoms with Crippen molar-refractivity contribution in [2.45, 2.75) is 26.4 Å². The molecule has 1 N–H and O–H groups in total. The Morgan fingerprint density at radius 1 is 1.38 bits per heavy atom. The number of nitrogens with one attached hydrogen (secondary N) is 1. The zero-order chi connectivity index (χ0) is 11.0. The topological polar surface area (TPSA) is 37.8 Å². The molecule has 0 fully saturated rings. The maximum atomic E-state index is 4.62. The molecular formula is C12H13N3S. The smallest absolute Gasteiger partial charge is 0.134 e. The van der Waals surface area contributed by atoms with E-state index in [1.54, 1.807) is 11.3 Å². The van der Waals surface area contributed by atoms with E-state index in [0.29, 0.717) is 0 Å². The van der Waals surface area contributed by atoms with Crippen molar-refractivity contribution in [1.29, 1.82) is 0 Å². The number of thiophene rings is 1. The summed E-state index contributed by atoms with van der Waals surface area (Å²) in [5, 5.41) is 5.41. The summed E-state index contributed by atoms with van der Waals surface area (Å²) >= 11 is 1.76. The van der Waals surface area contributed by atoms with Gasteiger partial charge in [0, 0.05) is 35.6 Å². The highest BCUT2D eigenvalue weighted by Crippen LogP contribution is 2.18. The number of rotatable bonds is 2. The summed E-state index contributed by atoms with van der Waals surface area (Å²) in [5.41, 5.74) is 3.59. The minimum atomic E-state index is 0.853. The second kappa shape index (κ2) is 3.96. The summed E-state index contributed by atoms with van der Waals surface area (Å²) in [4.78, 5) is 10.5. The van der Waals surface area contributed by atoms with E-state index in [1.165, 1.54) is 16.1 Å². The molecule has 82 valence electrons. The quantitative estimate of drug-likeness (QED) is 0.859. The Kier molecular flexibility index (Phi) is 2.46. The van der Waals surface area contributed by atoms with Gasteiger partial charge in [-0.05, 0) is 18.4 Å². The number of aryl methyl sites for hydroxylation is 1. The third-order valence-corrected chi connectivity index (χ3v) is 3.73. The summed E-state index contributed by atoms with van der Waals surface area (Å²) in [5.74, 6) is 0.947. The Balaban J connectivity index is 1.94. The van der Waals surface area contributed by atoms with Gasteiger partial charge in [0.05, 0.1) is 5.69 Å². The fourth-order valence-corrected chi connectivity index (χ4v) is 2.75. The number of fused-ring (bicyclic) bond motifs is 1. The minimum Gasteiger partial charge on any atom is -0.307 e. The normalized spacial score (nSPS) is 14.1. The van der Waals surface area contributed by atoms with Gasteiger partial charge in [-0.1, -0.05) is 6.07 Å². The van der Waals surface area contributed by atoms with Crippen LogP contribution in [0.15, 0.2) is 17.5 Å². The summed E-state index contributed by atoms with van der Waals surface area (Å²) in [6, 6.07) is 4.20. The van der Waals surface area contributed by atoms with Crippen molar-refractivity contribution in [3.8, 4) is 0 Å². The van der Waals surface area contributed by atoms with Gasteiger partial charge in [-0.3, -0.25) is 0 Å². The molecule has 0 saturated carbocycles. The lowest BCUT2D eigenvalue weighted by molar-refractivity contribution is 0.755. The van der Waals surface area contributed by atoms with Crippen molar-refractivity contribution in [2.24, 2.45) is 0 Å². The van der Waals surface area contributed by atoms with Gasteiger partial charge in [-0.25, -0.2) is 9.97 Å². The summed E-state index contributed by atoms with van der Waals surface area (Å²) in [6.07, 6.45) is 0.853. The molecular weight excluding hydrogens is 218 g/mol. The van der Waals surface area contributed by atoms with Crippen molar-refractivity contribution < 1.29 is 0 Å². The molecule has 1 aliphatic heterocycles. The maximum absolute atomic E-state index is 4.62.